The van der Waals surface area contributed by atoms with Gasteiger partial charge in [0.05, 0.1) is 6.61 Å². The van der Waals surface area contributed by atoms with E-state index in [0.29, 0.717) is 6.04 Å². The van der Waals surface area contributed by atoms with Crippen LogP contribution >= 0.6 is 11.6 Å². The second-order valence-electron chi connectivity index (χ2n) is 4.73. The quantitative estimate of drug-likeness (QED) is 0.828. The average Bonchev–Trinajstić information content (AvgIpc) is 2.36. The highest BCUT2D eigenvalue weighted by Gasteiger charge is 2.11. The van der Waals surface area contributed by atoms with Crippen molar-refractivity contribution in [2.75, 3.05) is 27.3 Å². The van der Waals surface area contributed by atoms with E-state index in [4.69, 9.17) is 22.1 Å². The number of likely N-dealkylation sites (N-methyl/N-ethyl adjacent to an activating group) is 1. The first kappa shape index (κ1) is 15.4. The van der Waals surface area contributed by atoms with Crippen LogP contribution in [0.2, 0.25) is 5.02 Å². The summed E-state index contributed by atoms with van der Waals surface area (Å²) >= 11 is 5.86. The second-order valence-corrected chi connectivity index (χ2v) is 5.17. The van der Waals surface area contributed by atoms with Crippen molar-refractivity contribution >= 4 is 11.6 Å². The van der Waals surface area contributed by atoms with Crippen molar-refractivity contribution in [3.05, 3.63) is 34.9 Å². The molecule has 102 valence electrons. The highest BCUT2D eigenvalue weighted by atomic mass is 35.5. The van der Waals surface area contributed by atoms with Crippen LogP contribution in [0.4, 0.5) is 0 Å². The average molecular weight is 271 g/mol. The summed E-state index contributed by atoms with van der Waals surface area (Å²) in [6.45, 7) is 3.85. The maximum atomic E-state index is 6.17. The molecule has 0 bridgehead atoms. The fraction of sp³-hybridized carbons (Fsp3) is 0.571. The molecule has 0 heterocycles. The summed E-state index contributed by atoms with van der Waals surface area (Å²) in [4.78, 5) is 2.26. The van der Waals surface area contributed by atoms with E-state index in [9.17, 15) is 0 Å². The van der Waals surface area contributed by atoms with Gasteiger partial charge < -0.3 is 15.4 Å². The number of hydrogen-bond donors (Lipinski definition) is 1. The van der Waals surface area contributed by atoms with Gasteiger partial charge in [0, 0.05) is 30.8 Å². The monoisotopic (exact) mass is 270 g/mol. The van der Waals surface area contributed by atoms with E-state index in [-0.39, 0.29) is 6.04 Å². The van der Waals surface area contributed by atoms with Crippen LogP contribution in [0.1, 0.15) is 24.9 Å². The van der Waals surface area contributed by atoms with Gasteiger partial charge in [-0.2, -0.15) is 0 Å². The smallest absolute Gasteiger partial charge is 0.0615 e. The maximum absolute atomic E-state index is 6.17. The Morgan fingerprint density at radius 2 is 1.94 bits per heavy atom. The molecule has 4 heteroatoms. The molecule has 18 heavy (non-hydrogen) atoms. The second kappa shape index (κ2) is 7.74. The largest absolute Gasteiger partial charge is 0.383 e. The minimum Gasteiger partial charge on any atom is -0.383 e. The molecule has 0 aliphatic heterocycles. The number of hydrogen-bond acceptors (Lipinski definition) is 3. The van der Waals surface area contributed by atoms with Gasteiger partial charge in [0.1, 0.15) is 0 Å². The fourth-order valence-corrected chi connectivity index (χ4v) is 1.93. The number of rotatable bonds is 7. The lowest BCUT2D eigenvalue weighted by Gasteiger charge is -2.25. The molecule has 0 saturated heterocycles. The lowest BCUT2D eigenvalue weighted by Crippen LogP contribution is -2.34. The van der Waals surface area contributed by atoms with Gasteiger partial charge in [0.15, 0.2) is 0 Å². The van der Waals surface area contributed by atoms with Crippen molar-refractivity contribution in [3.63, 3.8) is 0 Å². The first-order valence-electron chi connectivity index (χ1n) is 6.24. The number of nitrogens with two attached hydrogens (primary N) is 1. The van der Waals surface area contributed by atoms with E-state index in [1.54, 1.807) is 7.11 Å². The predicted octanol–water partition coefficient (Wildman–Crippen LogP) is 2.70. The Morgan fingerprint density at radius 3 is 2.50 bits per heavy atom. The standard InChI is InChI=1S/C14H23ClN2O/c1-11(10-18-3)17(2)9-8-14(16)12-4-6-13(15)7-5-12/h4-7,11,14H,8-10,16H2,1-3H3. The molecule has 1 aromatic carbocycles. The van der Waals surface area contributed by atoms with Crippen LogP contribution in [0.15, 0.2) is 24.3 Å². The molecule has 0 saturated carbocycles. The van der Waals surface area contributed by atoms with Gasteiger partial charge in [-0.3, -0.25) is 0 Å². The Kier molecular flexibility index (Phi) is 6.65. The molecular formula is C14H23ClN2O. The van der Waals surface area contributed by atoms with E-state index in [1.807, 2.05) is 24.3 Å². The summed E-state index contributed by atoms with van der Waals surface area (Å²) in [7, 11) is 3.82. The van der Waals surface area contributed by atoms with Gasteiger partial charge in [0.2, 0.25) is 0 Å². The molecule has 0 aliphatic carbocycles. The van der Waals surface area contributed by atoms with E-state index >= 15 is 0 Å². The SMILES string of the molecule is COCC(C)N(C)CCC(N)c1ccc(Cl)cc1. The molecule has 0 aliphatic rings. The van der Waals surface area contributed by atoms with Crippen LogP contribution in [0.5, 0.6) is 0 Å². The summed E-state index contributed by atoms with van der Waals surface area (Å²) in [5.74, 6) is 0. The molecule has 0 spiro atoms. The number of halogens is 1. The molecular weight excluding hydrogens is 248 g/mol. The minimum absolute atomic E-state index is 0.0551. The Labute approximate surface area is 115 Å². The molecule has 2 N–H and O–H groups in total. The zero-order valence-electron chi connectivity index (χ0n) is 11.4. The van der Waals surface area contributed by atoms with Crippen molar-refractivity contribution in [1.82, 2.24) is 4.90 Å². The van der Waals surface area contributed by atoms with Crippen molar-refractivity contribution < 1.29 is 4.74 Å². The van der Waals surface area contributed by atoms with Crippen LogP contribution in [0.3, 0.4) is 0 Å². The summed E-state index contributed by atoms with van der Waals surface area (Å²) in [6.07, 6.45) is 0.923. The molecule has 2 atom stereocenters. The molecule has 1 rings (SSSR count). The summed E-state index contributed by atoms with van der Waals surface area (Å²) in [5.41, 5.74) is 7.30. The molecule has 3 nitrogen and oxygen atoms in total. The summed E-state index contributed by atoms with van der Waals surface area (Å²) < 4.78 is 5.14. The van der Waals surface area contributed by atoms with E-state index < -0.39 is 0 Å². The molecule has 0 aromatic heterocycles. The third kappa shape index (κ3) is 4.94. The first-order valence-corrected chi connectivity index (χ1v) is 6.62. The van der Waals surface area contributed by atoms with E-state index in [1.165, 1.54) is 0 Å². The van der Waals surface area contributed by atoms with Crippen molar-refractivity contribution in [2.24, 2.45) is 5.73 Å². The van der Waals surface area contributed by atoms with Crippen LogP contribution in [-0.4, -0.2) is 38.3 Å². The molecule has 0 amide bonds. The van der Waals surface area contributed by atoms with Gasteiger partial charge in [-0.05, 0) is 38.1 Å². The first-order chi connectivity index (χ1) is 8.54. The van der Waals surface area contributed by atoms with E-state index in [2.05, 4.69) is 18.9 Å². The highest BCUT2D eigenvalue weighted by molar-refractivity contribution is 6.30. The maximum Gasteiger partial charge on any atom is 0.0615 e. The molecule has 0 radical (unpaired) electrons. The Morgan fingerprint density at radius 1 is 1.33 bits per heavy atom. The topological polar surface area (TPSA) is 38.5 Å². The predicted molar refractivity (Wildman–Crippen MR) is 77.0 cm³/mol. The van der Waals surface area contributed by atoms with Crippen molar-refractivity contribution in [1.29, 1.82) is 0 Å². The molecule has 2 unspecified atom stereocenters. The van der Waals surface area contributed by atoms with Gasteiger partial charge >= 0.3 is 0 Å². The Balaban J connectivity index is 2.41. The van der Waals surface area contributed by atoms with Crippen molar-refractivity contribution in [2.45, 2.75) is 25.4 Å². The van der Waals surface area contributed by atoms with Gasteiger partial charge in [-0.25, -0.2) is 0 Å². The fourth-order valence-electron chi connectivity index (χ4n) is 1.81. The normalized spacial score (nSPS) is 14.8. The minimum atomic E-state index is 0.0551. The number of nitrogens with zero attached hydrogens (tertiary/aromatic N) is 1. The van der Waals surface area contributed by atoms with Gasteiger partial charge in [0.25, 0.3) is 0 Å². The Bertz CT molecular complexity index is 342. The third-order valence-electron chi connectivity index (χ3n) is 3.25. The highest BCUT2D eigenvalue weighted by Crippen LogP contribution is 2.17. The lowest BCUT2D eigenvalue weighted by atomic mass is 10.0. The van der Waals surface area contributed by atoms with Crippen LogP contribution in [0, 0.1) is 0 Å². The zero-order valence-corrected chi connectivity index (χ0v) is 12.2. The lowest BCUT2D eigenvalue weighted by molar-refractivity contribution is 0.114. The number of methoxy groups -OCH3 is 1. The third-order valence-corrected chi connectivity index (χ3v) is 3.50. The molecule has 1 aromatic rings. The summed E-state index contributed by atoms with van der Waals surface area (Å²) in [5, 5.41) is 0.747. The van der Waals surface area contributed by atoms with Crippen LogP contribution in [-0.2, 0) is 4.74 Å². The number of ether oxygens (including phenoxy) is 1. The molecule has 0 fully saturated rings. The van der Waals surface area contributed by atoms with Crippen molar-refractivity contribution in [3.8, 4) is 0 Å². The zero-order chi connectivity index (χ0) is 13.5. The van der Waals surface area contributed by atoms with Crippen LogP contribution < -0.4 is 5.73 Å². The van der Waals surface area contributed by atoms with Gasteiger partial charge in [-0.1, -0.05) is 23.7 Å². The summed E-state index contributed by atoms with van der Waals surface area (Å²) in [6, 6.07) is 8.21. The Hall–Kier alpha value is -0.610. The van der Waals surface area contributed by atoms with Gasteiger partial charge in [-0.15, -0.1) is 0 Å². The number of benzene rings is 1. The van der Waals surface area contributed by atoms with Crippen LogP contribution in [0.25, 0.3) is 0 Å². The van der Waals surface area contributed by atoms with E-state index in [0.717, 1.165) is 30.2 Å².